The molecule has 1 aromatic carbocycles. The van der Waals surface area contributed by atoms with Gasteiger partial charge in [-0.1, -0.05) is 29.8 Å². The molecule has 0 atom stereocenters. The molecule has 0 fully saturated rings. The van der Waals surface area contributed by atoms with E-state index in [1.54, 1.807) is 42.8 Å². The highest BCUT2D eigenvalue weighted by Gasteiger charge is 2.21. The predicted molar refractivity (Wildman–Crippen MR) is 121 cm³/mol. The van der Waals surface area contributed by atoms with Crippen molar-refractivity contribution in [2.24, 2.45) is 0 Å². The van der Waals surface area contributed by atoms with Crippen molar-refractivity contribution in [1.82, 2.24) is 19.6 Å². The minimum atomic E-state index is -0.885. The van der Waals surface area contributed by atoms with Crippen LogP contribution in [0.4, 0.5) is 5.82 Å². The predicted octanol–water partition coefficient (Wildman–Crippen LogP) is 4.47. The minimum Gasteiger partial charge on any atom is -0.389 e. The third-order valence-electron chi connectivity index (χ3n) is 4.70. The number of nitriles is 1. The molecule has 0 amide bonds. The first-order chi connectivity index (χ1) is 14.7. The Bertz CT molecular complexity index is 1300. The zero-order valence-corrected chi connectivity index (χ0v) is 18.1. The lowest BCUT2D eigenvalue weighted by atomic mass is 9.98. The summed E-state index contributed by atoms with van der Waals surface area (Å²) in [6.07, 6.45) is 1.80. The molecule has 0 radical (unpaired) electrons. The van der Waals surface area contributed by atoms with Crippen LogP contribution in [0, 0.1) is 18.3 Å². The molecule has 0 spiro atoms. The minimum absolute atomic E-state index is 0.337. The van der Waals surface area contributed by atoms with Crippen molar-refractivity contribution in [2.45, 2.75) is 26.4 Å². The highest BCUT2D eigenvalue weighted by Crippen LogP contribution is 2.37. The van der Waals surface area contributed by atoms with Crippen LogP contribution in [0.25, 0.3) is 28.0 Å². The van der Waals surface area contributed by atoms with E-state index in [1.165, 1.54) is 0 Å². The van der Waals surface area contributed by atoms with E-state index in [0.29, 0.717) is 40.0 Å². The number of aromatic nitrogens is 4. The molecule has 7 nitrogen and oxygen atoms in total. The van der Waals surface area contributed by atoms with Gasteiger partial charge in [-0.25, -0.2) is 14.5 Å². The van der Waals surface area contributed by atoms with Crippen LogP contribution in [0.15, 0.2) is 48.7 Å². The lowest BCUT2D eigenvalue weighted by Gasteiger charge is -2.18. The Hall–Kier alpha value is -3.47. The van der Waals surface area contributed by atoms with Gasteiger partial charge in [0.15, 0.2) is 5.65 Å². The SMILES string of the molecule is Cc1cc(-c2c(-c3ccccc3C#N)nn3ccc(NCC(C)(C)O)nc23)cc(Cl)n1. The van der Waals surface area contributed by atoms with E-state index >= 15 is 0 Å². The Morgan fingerprint density at radius 1 is 1.19 bits per heavy atom. The van der Waals surface area contributed by atoms with Crippen LogP contribution < -0.4 is 5.32 Å². The maximum Gasteiger partial charge on any atom is 0.165 e. The van der Waals surface area contributed by atoms with Crippen molar-refractivity contribution >= 4 is 23.1 Å². The van der Waals surface area contributed by atoms with Crippen molar-refractivity contribution in [2.75, 3.05) is 11.9 Å². The molecular formula is C23H21ClN6O. The number of hydrogen-bond donors (Lipinski definition) is 2. The van der Waals surface area contributed by atoms with E-state index in [0.717, 1.165) is 16.8 Å². The highest BCUT2D eigenvalue weighted by atomic mass is 35.5. The van der Waals surface area contributed by atoms with Gasteiger partial charge in [0.1, 0.15) is 16.7 Å². The summed E-state index contributed by atoms with van der Waals surface area (Å²) in [7, 11) is 0. The van der Waals surface area contributed by atoms with Gasteiger partial charge < -0.3 is 10.4 Å². The first-order valence-corrected chi connectivity index (χ1v) is 10.1. The van der Waals surface area contributed by atoms with Gasteiger partial charge in [-0.05, 0) is 50.6 Å². The van der Waals surface area contributed by atoms with E-state index < -0.39 is 5.60 Å². The molecule has 8 heteroatoms. The Balaban J connectivity index is 1.98. The molecule has 4 aromatic rings. The molecule has 0 aliphatic rings. The van der Waals surface area contributed by atoms with Gasteiger partial charge in [0.25, 0.3) is 0 Å². The van der Waals surface area contributed by atoms with E-state index in [9.17, 15) is 10.4 Å². The van der Waals surface area contributed by atoms with Gasteiger partial charge in [0, 0.05) is 24.0 Å². The van der Waals surface area contributed by atoms with Gasteiger partial charge >= 0.3 is 0 Å². The second-order valence-corrected chi connectivity index (χ2v) is 8.34. The number of benzene rings is 1. The lowest BCUT2D eigenvalue weighted by molar-refractivity contribution is 0.0944. The second kappa shape index (κ2) is 7.99. The van der Waals surface area contributed by atoms with E-state index in [2.05, 4.69) is 16.4 Å². The number of aryl methyl sites for hydroxylation is 1. The van der Waals surface area contributed by atoms with Crippen LogP contribution in [0.5, 0.6) is 0 Å². The molecule has 0 saturated carbocycles. The van der Waals surface area contributed by atoms with E-state index in [-0.39, 0.29) is 0 Å². The largest absolute Gasteiger partial charge is 0.389 e. The summed E-state index contributed by atoms with van der Waals surface area (Å²) in [6, 6.07) is 15.0. The number of anilines is 1. The Labute approximate surface area is 185 Å². The van der Waals surface area contributed by atoms with Gasteiger partial charge in [-0.3, -0.25) is 0 Å². The molecule has 31 heavy (non-hydrogen) atoms. The maximum atomic E-state index is 10.0. The number of hydrogen-bond acceptors (Lipinski definition) is 6. The Morgan fingerprint density at radius 2 is 1.97 bits per heavy atom. The van der Waals surface area contributed by atoms with Crippen molar-refractivity contribution in [3.63, 3.8) is 0 Å². The molecular weight excluding hydrogens is 412 g/mol. The third kappa shape index (κ3) is 4.36. The standard InChI is InChI=1S/C23H21ClN6O/c1-14-10-16(11-18(24)27-14)20-21(17-7-5-4-6-15(17)12-25)29-30-9-8-19(28-22(20)30)26-13-23(2,3)31/h4-11,31H,13H2,1-3H3,(H,26,28). The fraction of sp³-hybridized carbons (Fsp3) is 0.217. The molecule has 0 aliphatic carbocycles. The van der Waals surface area contributed by atoms with Crippen LogP contribution >= 0.6 is 11.6 Å². The van der Waals surface area contributed by atoms with Gasteiger partial charge in [0.2, 0.25) is 0 Å². The molecule has 0 aliphatic heterocycles. The quantitative estimate of drug-likeness (QED) is 0.451. The fourth-order valence-electron chi connectivity index (χ4n) is 3.35. The number of pyridine rings is 1. The van der Waals surface area contributed by atoms with Crippen LogP contribution in [-0.2, 0) is 0 Å². The first kappa shape index (κ1) is 20.8. The number of halogens is 1. The summed E-state index contributed by atoms with van der Waals surface area (Å²) < 4.78 is 1.68. The van der Waals surface area contributed by atoms with Crippen molar-refractivity contribution in [3.05, 3.63) is 65.1 Å². The van der Waals surface area contributed by atoms with E-state index in [4.69, 9.17) is 21.7 Å². The number of rotatable bonds is 5. The average molecular weight is 433 g/mol. The van der Waals surface area contributed by atoms with Crippen LogP contribution in [0.1, 0.15) is 25.1 Å². The zero-order chi connectivity index (χ0) is 22.2. The number of fused-ring (bicyclic) bond motifs is 1. The molecule has 3 aromatic heterocycles. The van der Waals surface area contributed by atoms with Crippen molar-refractivity contribution in [3.8, 4) is 28.5 Å². The van der Waals surface area contributed by atoms with Gasteiger partial charge in [-0.2, -0.15) is 10.4 Å². The number of aliphatic hydroxyl groups is 1. The monoisotopic (exact) mass is 432 g/mol. The highest BCUT2D eigenvalue weighted by molar-refractivity contribution is 6.29. The van der Waals surface area contributed by atoms with Crippen LogP contribution in [0.3, 0.4) is 0 Å². The second-order valence-electron chi connectivity index (χ2n) is 7.95. The van der Waals surface area contributed by atoms with E-state index in [1.807, 2.05) is 31.2 Å². The third-order valence-corrected chi connectivity index (χ3v) is 4.89. The fourth-order valence-corrected chi connectivity index (χ4v) is 3.60. The Morgan fingerprint density at radius 3 is 2.68 bits per heavy atom. The van der Waals surface area contributed by atoms with Crippen molar-refractivity contribution in [1.29, 1.82) is 5.26 Å². The number of nitrogens with one attached hydrogen (secondary N) is 1. The summed E-state index contributed by atoms with van der Waals surface area (Å²) in [6.45, 7) is 5.65. The summed E-state index contributed by atoms with van der Waals surface area (Å²) in [5.41, 5.74) is 3.90. The summed E-state index contributed by atoms with van der Waals surface area (Å²) >= 11 is 6.26. The molecule has 156 valence electrons. The van der Waals surface area contributed by atoms with Crippen LogP contribution in [0.2, 0.25) is 5.15 Å². The average Bonchev–Trinajstić information content (AvgIpc) is 3.09. The summed E-state index contributed by atoms with van der Waals surface area (Å²) in [5.74, 6) is 0.604. The topological polar surface area (TPSA) is 99.1 Å². The Kier molecular flexibility index (Phi) is 5.36. The normalized spacial score (nSPS) is 11.5. The smallest absolute Gasteiger partial charge is 0.165 e. The summed E-state index contributed by atoms with van der Waals surface area (Å²) in [5, 5.41) is 27.9. The number of nitrogens with zero attached hydrogens (tertiary/aromatic N) is 5. The van der Waals surface area contributed by atoms with Crippen LogP contribution in [-0.4, -0.2) is 36.8 Å². The molecule has 0 unspecified atom stereocenters. The molecule has 0 bridgehead atoms. The summed E-state index contributed by atoms with van der Waals surface area (Å²) in [4.78, 5) is 9.01. The lowest BCUT2D eigenvalue weighted by Crippen LogP contribution is -2.29. The molecule has 2 N–H and O–H groups in total. The van der Waals surface area contributed by atoms with Gasteiger partial charge in [0.05, 0.1) is 22.8 Å². The first-order valence-electron chi connectivity index (χ1n) is 9.75. The van der Waals surface area contributed by atoms with Crippen molar-refractivity contribution < 1.29 is 5.11 Å². The van der Waals surface area contributed by atoms with Gasteiger partial charge in [-0.15, -0.1) is 0 Å². The molecule has 3 heterocycles. The molecule has 4 rings (SSSR count). The zero-order valence-electron chi connectivity index (χ0n) is 17.4. The maximum absolute atomic E-state index is 10.0. The molecule has 0 saturated heterocycles.